The average Bonchev–Trinajstić information content (AvgIpc) is 3.30. The van der Waals surface area contributed by atoms with Gasteiger partial charge in [0.05, 0.1) is 19.5 Å². The first-order chi connectivity index (χ1) is 12.9. The van der Waals surface area contributed by atoms with Crippen molar-refractivity contribution in [3.8, 4) is 0 Å². The molecule has 3 heterocycles. The molecule has 2 aliphatic rings. The molecule has 3 rings (SSSR count). The van der Waals surface area contributed by atoms with Crippen molar-refractivity contribution in [2.75, 3.05) is 58.7 Å². The minimum absolute atomic E-state index is 0.0847. The van der Waals surface area contributed by atoms with Crippen molar-refractivity contribution in [2.24, 2.45) is 0 Å². The predicted molar refractivity (Wildman–Crippen MR) is 101 cm³/mol. The first-order valence-corrected chi connectivity index (χ1v) is 11.3. The summed E-state index contributed by atoms with van der Waals surface area (Å²) in [5, 5.41) is 4.15. The van der Waals surface area contributed by atoms with Gasteiger partial charge >= 0.3 is 0 Å². The molecular weight excluding hydrogens is 370 g/mol. The van der Waals surface area contributed by atoms with E-state index in [0.29, 0.717) is 58.1 Å². The monoisotopic (exact) mass is 399 g/mol. The standard InChI is InChI=1S/C17H29N5O4S/c1-3-21-16(4-6-18-21)17(23)20-7-5-15(14-20)22(27(2,24)25)9-8-19-10-12-26-13-11-19/h4,6,15H,3,5,7-14H2,1-2H3. The minimum atomic E-state index is -3.35. The Kier molecular flexibility index (Phi) is 6.51. The maximum atomic E-state index is 12.8. The number of hydrogen-bond donors (Lipinski definition) is 0. The Morgan fingerprint density at radius 1 is 1.33 bits per heavy atom. The number of carbonyl (C=O) groups is 1. The van der Waals surface area contributed by atoms with E-state index in [2.05, 4.69) is 10.00 Å². The van der Waals surface area contributed by atoms with E-state index < -0.39 is 10.0 Å². The summed E-state index contributed by atoms with van der Waals surface area (Å²) in [6, 6.07) is 1.54. The maximum absolute atomic E-state index is 12.8. The lowest BCUT2D eigenvalue weighted by Crippen LogP contribution is -2.47. The van der Waals surface area contributed by atoms with Gasteiger partial charge in [0.2, 0.25) is 10.0 Å². The highest BCUT2D eigenvalue weighted by Crippen LogP contribution is 2.20. The number of rotatable bonds is 7. The Morgan fingerprint density at radius 2 is 2.07 bits per heavy atom. The van der Waals surface area contributed by atoms with Crippen LogP contribution in [0.5, 0.6) is 0 Å². The zero-order chi connectivity index (χ0) is 19.4. The van der Waals surface area contributed by atoms with Crippen LogP contribution in [0.4, 0.5) is 0 Å². The molecule has 9 nitrogen and oxygen atoms in total. The number of ether oxygens (including phenoxy) is 1. The first kappa shape index (κ1) is 20.2. The predicted octanol–water partition coefficient (Wildman–Crippen LogP) is -0.289. The van der Waals surface area contributed by atoms with Crippen LogP contribution in [0, 0.1) is 0 Å². The highest BCUT2D eigenvalue weighted by atomic mass is 32.2. The van der Waals surface area contributed by atoms with Crippen molar-refractivity contribution < 1.29 is 17.9 Å². The summed E-state index contributed by atoms with van der Waals surface area (Å²) in [6.07, 6.45) is 3.53. The van der Waals surface area contributed by atoms with Crippen LogP contribution in [-0.2, 0) is 21.3 Å². The Balaban J connectivity index is 1.63. The molecule has 27 heavy (non-hydrogen) atoms. The van der Waals surface area contributed by atoms with Crippen LogP contribution in [0.3, 0.4) is 0 Å². The van der Waals surface area contributed by atoms with E-state index in [-0.39, 0.29) is 11.9 Å². The normalized spacial score (nSPS) is 21.9. The Labute approximate surface area is 160 Å². The van der Waals surface area contributed by atoms with Crippen LogP contribution in [0.2, 0.25) is 0 Å². The van der Waals surface area contributed by atoms with E-state index in [1.807, 2.05) is 6.92 Å². The molecule has 0 radical (unpaired) electrons. The van der Waals surface area contributed by atoms with Gasteiger partial charge in [-0.05, 0) is 19.4 Å². The summed E-state index contributed by atoms with van der Waals surface area (Å²) < 4.78 is 33.3. The van der Waals surface area contributed by atoms with Crippen molar-refractivity contribution in [3.63, 3.8) is 0 Å². The second-order valence-electron chi connectivity index (χ2n) is 7.05. The molecule has 1 aromatic rings. The van der Waals surface area contributed by atoms with Crippen LogP contribution in [0.25, 0.3) is 0 Å². The number of likely N-dealkylation sites (tertiary alicyclic amines) is 1. The summed E-state index contributed by atoms with van der Waals surface area (Å²) in [4.78, 5) is 16.7. The highest BCUT2D eigenvalue weighted by Gasteiger charge is 2.35. The fourth-order valence-electron chi connectivity index (χ4n) is 3.77. The molecule has 2 aliphatic heterocycles. The molecule has 2 fully saturated rings. The van der Waals surface area contributed by atoms with Gasteiger partial charge in [0.15, 0.2) is 0 Å². The number of aryl methyl sites for hydroxylation is 1. The van der Waals surface area contributed by atoms with Gasteiger partial charge in [-0.25, -0.2) is 8.42 Å². The van der Waals surface area contributed by atoms with E-state index in [4.69, 9.17) is 4.74 Å². The van der Waals surface area contributed by atoms with Gasteiger partial charge in [-0.3, -0.25) is 14.4 Å². The lowest BCUT2D eigenvalue weighted by Gasteiger charge is -2.31. The second-order valence-corrected chi connectivity index (χ2v) is 8.99. The molecule has 0 aromatic carbocycles. The Morgan fingerprint density at radius 3 is 2.74 bits per heavy atom. The molecule has 0 saturated carbocycles. The van der Waals surface area contributed by atoms with E-state index in [1.165, 1.54) is 6.26 Å². The minimum Gasteiger partial charge on any atom is -0.379 e. The molecule has 1 aromatic heterocycles. The average molecular weight is 400 g/mol. The van der Waals surface area contributed by atoms with E-state index in [9.17, 15) is 13.2 Å². The molecular formula is C17H29N5O4S. The Hall–Kier alpha value is -1.49. The number of sulfonamides is 1. The Bertz CT molecular complexity index is 744. The molecule has 1 unspecified atom stereocenters. The van der Waals surface area contributed by atoms with Crippen LogP contribution >= 0.6 is 0 Å². The van der Waals surface area contributed by atoms with Crippen LogP contribution < -0.4 is 0 Å². The van der Waals surface area contributed by atoms with Gasteiger partial charge in [-0.2, -0.15) is 9.40 Å². The summed E-state index contributed by atoms with van der Waals surface area (Å²) in [7, 11) is -3.35. The molecule has 10 heteroatoms. The number of morpholine rings is 1. The van der Waals surface area contributed by atoms with Crippen molar-refractivity contribution in [1.82, 2.24) is 23.9 Å². The van der Waals surface area contributed by atoms with Gasteiger partial charge in [0.1, 0.15) is 5.69 Å². The fourth-order valence-corrected chi connectivity index (χ4v) is 4.90. The fraction of sp³-hybridized carbons (Fsp3) is 0.765. The van der Waals surface area contributed by atoms with Gasteiger partial charge in [-0.1, -0.05) is 0 Å². The molecule has 0 bridgehead atoms. The zero-order valence-electron chi connectivity index (χ0n) is 16.1. The number of nitrogens with zero attached hydrogens (tertiary/aromatic N) is 5. The zero-order valence-corrected chi connectivity index (χ0v) is 16.9. The van der Waals surface area contributed by atoms with Crippen molar-refractivity contribution in [3.05, 3.63) is 18.0 Å². The highest BCUT2D eigenvalue weighted by molar-refractivity contribution is 7.88. The third kappa shape index (κ3) is 4.87. The lowest BCUT2D eigenvalue weighted by molar-refractivity contribution is 0.0353. The quantitative estimate of drug-likeness (QED) is 0.626. The summed E-state index contributed by atoms with van der Waals surface area (Å²) >= 11 is 0. The third-order valence-corrected chi connectivity index (χ3v) is 6.59. The number of amides is 1. The lowest BCUT2D eigenvalue weighted by atomic mass is 10.2. The largest absolute Gasteiger partial charge is 0.379 e. The van der Waals surface area contributed by atoms with E-state index in [1.54, 1.807) is 26.2 Å². The van der Waals surface area contributed by atoms with Crippen LogP contribution in [0.1, 0.15) is 23.8 Å². The molecule has 2 saturated heterocycles. The topological polar surface area (TPSA) is 88.0 Å². The maximum Gasteiger partial charge on any atom is 0.272 e. The van der Waals surface area contributed by atoms with Gasteiger partial charge in [0.25, 0.3) is 5.91 Å². The molecule has 0 spiro atoms. The summed E-state index contributed by atoms with van der Waals surface area (Å²) in [5.41, 5.74) is 0.553. The molecule has 0 aliphatic carbocycles. The molecule has 152 valence electrons. The van der Waals surface area contributed by atoms with Gasteiger partial charge in [-0.15, -0.1) is 0 Å². The van der Waals surface area contributed by atoms with Crippen molar-refractivity contribution in [1.29, 1.82) is 0 Å². The molecule has 0 N–H and O–H groups in total. The molecule has 1 amide bonds. The number of aromatic nitrogens is 2. The van der Waals surface area contributed by atoms with E-state index in [0.717, 1.165) is 13.1 Å². The van der Waals surface area contributed by atoms with Crippen molar-refractivity contribution >= 4 is 15.9 Å². The summed E-state index contributed by atoms with van der Waals surface area (Å²) in [5.74, 6) is -0.0847. The smallest absolute Gasteiger partial charge is 0.272 e. The molecule has 1 atom stereocenters. The SMILES string of the molecule is CCn1nccc1C(=O)N1CCC(N(CCN2CCOCC2)S(C)(=O)=O)C1. The second kappa shape index (κ2) is 8.68. The third-order valence-electron chi connectivity index (χ3n) is 5.26. The van der Waals surface area contributed by atoms with Gasteiger partial charge < -0.3 is 9.64 Å². The summed E-state index contributed by atoms with van der Waals surface area (Å²) in [6.45, 7) is 7.70. The van der Waals surface area contributed by atoms with Gasteiger partial charge in [0, 0.05) is 58.1 Å². The number of carbonyl (C=O) groups excluding carboxylic acids is 1. The van der Waals surface area contributed by atoms with Crippen LogP contribution in [-0.4, -0.2) is 103 Å². The van der Waals surface area contributed by atoms with Crippen molar-refractivity contribution in [2.45, 2.75) is 25.9 Å². The van der Waals surface area contributed by atoms with Crippen LogP contribution in [0.15, 0.2) is 12.3 Å². The van der Waals surface area contributed by atoms with E-state index >= 15 is 0 Å². The number of hydrogen-bond acceptors (Lipinski definition) is 6. The first-order valence-electron chi connectivity index (χ1n) is 9.48.